The second kappa shape index (κ2) is 4.43. The number of nitrogens with one attached hydrogen (secondary N) is 1. The van der Waals surface area contributed by atoms with E-state index < -0.39 is 0 Å². The molecule has 1 aliphatic carbocycles. The average Bonchev–Trinajstić information content (AvgIpc) is 2.91. The van der Waals surface area contributed by atoms with Crippen LogP contribution >= 0.6 is 0 Å². The predicted molar refractivity (Wildman–Crippen MR) is 57.2 cm³/mol. The Morgan fingerprint density at radius 1 is 1.50 bits per heavy atom. The summed E-state index contributed by atoms with van der Waals surface area (Å²) in [4.78, 5) is 2.47. The summed E-state index contributed by atoms with van der Waals surface area (Å²) < 4.78 is 0. The zero-order chi connectivity index (χ0) is 9.97. The van der Waals surface area contributed by atoms with Gasteiger partial charge in [-0.25, -0.2) is 0 Å². The smallest absolute Gasteiger partial charge is 0.0680 e. The van der Waals surface area contributed by atoms with Gasteiger partial charge in [-0.1, -0.05) is 6.08 Å². The van der Waals surface area contributed by atoms with Gasteiger partial charge in [0.15, 0.2) is 0 Å². The molecule has 0 bridgehead atoms. The zero-order valence-corrected chi connectivity index (χ0v) is 8.65. The SMILES string of the molecule is C=CCN(CC1CC(O)CN1)C1CC1. The van der Waals surface area contributed by atoms with Crippen LogP contribution in [-0.2, 0) is 0 Å². The number of rotatable bonds is 5. The molecule has 2 unspecified atom stereocenters. The lowest BCUT2D eigenvalue weighted by atomic mass is 10.2. The van der Waals surface area contributed by atoms with Crippen LogP contribution in [0.2, 0.25) is 0 Å². The van der Waals surface area contributed by atoms with Gasteiger partial charge < -0.3 is 10.4 Å². The summed E-state index contributed by atoms with van der Waals surface area (Å²) in [6, 6.07) is 1.26. The molecule has 2 atom stereocenters. The van der Waals surface area contributed by atoms with E-state index in [4.69, 9.17) is 0 Å². The number of nitrogens with zero attached hydrogens (tertiary/aromatic N) is 1. The molecule has 1 saturated carbocycles. The van der Waals surface area contributed by atoms with Gasteiger partial charge in [-0.2, -0.15) is 0 Å². The summed E-state index contributed by atoms with van der Waals surface area (Å²) in [5.74, 6) is 0. The van der Waals surface area contributed by atoms with Crippen molar-refractivity contribution in [2.24, 2.45) is 0 Å². The van der Waals surface area contributed by atoms with Gasteiger partial charge in [-0.15, -0.1) is 6.58 Å². The molecule has 1 aliphatic heterocycles. The van der Waals surface area contributed by atoms with Crippen molar-refractivity contribution < 1.29 is 5.11 Å². The van der Waals surface area contributed by atoms with Gasteiger partial charge in [-0.3, -0.25) is 4.90 Å². The Kier molecular flexibility index (Phi) is 3.21. The minimum Gasteiger partial charge on any atom is -0.392 e. The minimum atomic E-state index is -0.134. The molecule has 3 nitrogen and oxygen atoms in total. The number of aliphatic hydroxyl groups excluding tert-OH is 1. The fourth-order valence-electron chi connectivity index (χ4n) is 2.20. The molecule has 14 heavy (non-hydrogen) atoms. The first-order chi connectivity index (χ1) is 6.79. The monoisotopic (exact) mass is 196 g/mol. The van der Waals surface area contributed by atoms with Crippen molar-refractivity contribution in [3.63, 3.8) is 0 Å². The standard InChI is InChI=1S/C11H20N2O/c1-2-5-13(10-3-4-10)8-9-6-11(14)7-12-9/h2,9-12,14H,1,3-8H2. The fraction of sp³-hybridized carbons (Fsp3) is 0.818. The highest BCUT2D eigenvalue weighted by Crippen LogP contribution is 2.27. The van der Waals surface area contributed by atoms with Crippen LogP contribution in [0.5, 0.6) is 0 Å². The molecular formula is C11H20N2O. The van der Waals surface area contributed by atoms with Gasteiger partial charge in [0.05, 0.1) is 6.10 Å². The molecule has 2 N–H and O–H groups in total. The Labute approximate surface area is 85.8 Å². The van der Waals surface area contributed by atoms with Crippen LogP contribution in [0.15, 0.2) is 12.7 Å². The zero-order valence-electron chi connectivity index (χ0n) is 8.65. The lowest BCUT2D eigenvalue weighted by Crippen LogP contribution is -2.38. The normalized spacial score (nSPS) is 32.4. The average molecular weight is 196 g/mol. The molecule has 2 fully saturated rings. The molecule has 0 aromatic rings. The fourth-order valence-corrected chi connectivity index (χ4v) is 2.20. The lowest BCUT2D eigenvalue weighted by molar-refractivity contribution is 0.187. The molecule has 0 spiro atoms. The number of β-amino-alcohol motifs (C(OH)–C–C–N with tert-alkyl or cyclic N) is 1. The highest BCUT2D eigenvalue weighted by Gasteiger charge is 2.31. The van der Waals surface area contributed by atoms with E-state index in [0.717, 1.165) is 32.1 Å². The largest absolute Gasteiger partial charge is 0.392 e. The maximum Gasteiger partial charge on any atom is 0.0680 e. The third kappa shape index (κ3) is 2.56. The van der Waals surface area contributed by atoms with Crippen LogP contribution in [0.1, 0.15) is 19.3 Å². The molecule has 80 valence electrons. The van der Waals surface area contributed by atoms with E-state index in [1.165, 1.54) is 12.8 Å². The van der Waals surface area contributed by atoms with Gasteiger partial charge in [0.1, 0.15) is 0 Å². The Bertz CT molecular complexity index is 203. The first-order valence-corrected chi connectivity index (χ1v) is 5.56. The molecule has 1 heterocycles. The summed E-state index contributed by atoms with van der Waals surface area (Å²) >= 11 is 0. The molecule has 2 aliphatic rings. The lowest BCUT2D eigenvalue weighted by Gasteiger charge is -2.23. The maximum absolute atomic E-state index is 9.40. The van der Waals surface area contributed by atoms with Crippen molar-refractivity contribution in [3.05, 3.63) is 12.7 Å². The van der Waals surface area contributed by atoms with Crippen LogP contribution in [0.25, 0.3) is 0 Å². The van der Waals surface area contributed by atoms with Gasteiger partial charge in [0.2, 0.25) is 0 Å². The van der Waals surface area contributed by atoms with E-state index in [9.17, 15) is 5.11 Å². The highest BCUT2D eigenvalue weighted by atomic mass is 16.3. The molecular weight excluding hydrogens is 176 g/mol. The van der Waals surface area contributed by atoms with Crippen LogP contribution in [-0.4, -0.2) is 47.8 Å². The predicted octanol–water partition coefficient (Wildman–Crippen LogP) is 0.360. The highest BCUT2D eigenvalue weighted by molar-refractivity contribution is 4.92. The minimum absolute atomic E-state index is 0.134. The summed E-state index contributed by atoms with van der Waals surface area (Å²) in [7, 11) is 0. The Morgan fingerprint density at radius 2 is 2.29 bits per heavy atom. The molecule has 0 aromatic heterocycles. The van der Waals surface area contributed by atoms with E-state index in [2.05, 4.69) is 16.8 Å². The topological polar surface area (TPSA) is 35.5 Å². The second-order valence-corrected chi connectivity index (χ2v) is 4.47. The Hall–Kier alpha value is -0.380. The third-order valence-corrected chi connectivity index (χ3v) is 3.08. The van der Waals surface area contributed by atoms with E-state index in [0.29, 0.717) is 6.04 Å². The number of aliphatic hydroxyl groups is 1. The Morgan fingerprint density at radius 3 is 2.79 bits per heavy atom. The van der Waals surface area contributed by atoms with E-state index in [1.54, 1.807) is 0 Å². The first kappa shape index (κ1) is 10.1. The molecule has 1 saturated heterocycles. The van der Waals surface area contributed by atoms with E-state index in [-0.39, 0.29) is 6.10 Å². The van der Waals surface area contributed by atoms with E-state index >= 15 is 0 Å². The maximum atomic E-state index is 9.40. The van der Waals surface area contributed by atoms with Gasteiger partial charge in [0.25, 0.3) is 0 Å². The van der Waals surface area contributed by atoms with Crippen LogP contribution in [0.3, 0.4) is 0 Å². The molecule has 0 radical (unpaired) electrons. The number of hydrogen-bond acceptors (Lipinski definition) is 3. The molecule has 2 rings (SSSR count). The molecule has 0 amide bonds. The summed E-state index contributed by atoms with van der Waals surface area (Å²) in [5, 5.41) is 12.7. The quantitative estimate of drug-likeness (QED) is 0.623. The van der Waals surface area contributed by atoms with Crippen molar-refractivity contribution in [2.45, 2.75) is 37.5 Å². The van der Waals surface area contributed by atoms with Crippen molar-refractivity contribution in [3.8, 4) is 0 Å². The Balaban J connectivity index is 1.78. The number of hydrogen-bond donors (Lipinski definition) is 2. The molecule has 3 heteroatoms. The van der Waals surface area contributed by atoms with Gasteiger partial charge in [0, 0.05) is 31.7 Å². The molecule has 0 aromatic carbocycles. The van der Waals surface area contributed by atoms with Crippen LogP contribution in [0.4, 0.5) is 0 Å². The van der Waals surface area contributed by atoms with Crippen molar-refractivity contribution in [1.29, 1.82) is 0 Å². The summed E-state index contributed by atoms with van der Waals surface area (Å²) in [6.45, 7) is 6.60. The van der Waals surface area contributed by atoms with Crippen molar-refractivity contribution in [1.82, 2.24) is 10.2 Å². The summed E-state index contributed by atoms with van der Waals surface area (Å²) in [6.07, 6.45) is 5.42. The van der Waals surface area contributed by atoms with Crippen LogP contribution < -0.4 is 5.32 Å². The van der Waals surface area contributed by atoms with Crippen molar-refractivity contribution in [2.75, 3.05) is 19.6 Å². The van der Waals surface area contributed by atoms with Crippen molar-refractivity contribution >= 4 is 0 Å². The van der Waals surface area contributed by atoms with Gasteiger partial charge >= 0.3 is 0 Å². The van der Waals surface area contributed by atoms with E-state index in [1.807, 2.05) is 6.08 Å². The first-order valence-electron chi connectivity index (χ1n) is 5.56. The third-order valence-electron chi connectivity index (χ3n) is 3.08. The van der Waals surface area contributed by atoms with Crippen LogP contribution in [0, 0.1) is 0 Å². The summed E-state index contributed by atoms with van der Waals surface area (Å²) in [5.41, 5.74) is 0. The van der Waals surface area contributed by atoms with Gasteiger partial charge in [-0.05, 0) is 19.3 Å². The second-order valence-electron chi connectivity index (χ2n) is 4.47.